The summed E-state index contributed by atoms with van der Waals surface area (Å²) >= 11 is 0. The van der Waals surface area contributed by atoms with Crippen molar-refractivity contribution in [3.05, 3.63) is 40.8 Å². The number of imidazole rings is 1. The molecule has 0 amide bonds. The molecule has 2 heterocycles. The number of benzene rings is 1. The summed E-state index contributed by atoms with van der Waals surface area (Å²) in [5.74, 6) is 0.563. The zero-order chi connectivity index (χ0) is 18.2. The lowest BCUT2D eigenvalue weighted by molar-refractivity contribution is -0.142. The second kappa shape index (κ2) is 6.23. The Morgan fingerprint density at radius 3 is 2.48 bits per heavy atom. The van der Waals surface area contributed by atoms with Crippen molar-refractivity contribution in [3.63, 3.8) is 0 Å². The number of aromatic amines is 1. The molecule has 0 saturated carbocycles. The zero-order valence-electron chi connectivity index (χ0n) is 13.7. The number of hydrogen-bond donors (Lipinski definition) is 1. The molecule has 0 atom stereocenters. The largest absolute Gasteiger partial charge is 0.481 e. The molecule has 0 bridgehead atoms. The van der Waals surface area contributed by atoms with Crippen LogP contribution in [-0.4, -0.2) is 34.2 Å². The predicted molar refractivity (Wildman–Crippen MR) is 83.8 cm³/mol. The van der Waals surface area contributed by atoms with Gasteiger partial charge < -0.3 is 14.5 Å². The van der Waals surface area contributed by atoms with E-state index in [9.17, 15) is 13.2 Å². The van der Waals surface area contributed by atoms with E-state index in [-0.39, 0.29) is 17.9 Å². The van der Waals surface area contributed by atoms with Crippen molar-refractivity contribution in [2.24, 2.45) is 0 Å². The predicted octanol–water partition coefficient (Wildman–Crippen LogP) is 3.29. The molecule has 0 unspecified atom stereocenters. The first-order chi connectivity index (χ1) is 11.8. The van der Waals surface area contributed by atoms with Crippen molar-refractivity contribution in [3.8, 4) is 11.9 Å². The molecule has 1 aromatic carbocycles. The van der Waals surface area contributed by atoms with Crippen LogP contribution >= 0.6 is 0 Å². The van der Waals surface area contributed by atoms with Crippen LogP contribution in [0.15, 0.2) is 18.2 Å². The molecule has 2 aromatic heterocycles. The van der Waals surface area contributed by atoms with Gasteiger partial charge in [0.25, 0.3) is 0 Å². The summed E-state index contributed by atoms with van der Waals surface area (Å²) in [5, 5.41) is 0. The van der Waals surface area contributed by atoms with Gasteiger partial charge in [-0.2, -0.15) is 23.1 Å². The average Bonchev–Trinajstić information content (AvgIpc) is 2.93. The van der Waals surface area contributed by atoms with Gasteiger partial charge in [0.2, 0.25) is 5.88 Å². The smallest absolute Gasteiger partial charge is 0.434 e. The number of H-pyrrole nitrogens is 1. The van der Waals surface area contributed by atoms with Crippen LogP contribution in [0, 0.1) is 6.92 Å². The van der Waals surface area contributed by atoms with E-state index in [0.717, 1.165) is 16.9 Å². The van der Waals surface area contributed by atoms with Gasteiger partial charge in [-0.1, -0.05) is 6.07 Å². The maximum Gasteiger partial charge on any atom is 0.434 e. The molecule has 0 radical (unpaired) electrons. The topological polar surface area (TPSA) is 72.9 Å². The van der Waals surface area contributed by atoms with Crippen molar-refractivity contribution in [1.82, 2.24) is 19.9 Å². The van der Waals surface area contributed by atoms with Crippen molar-refractivity contribution in [1.29, 1.82) is 0 Å². The van der Waals surface area contributed by atoms with Crippen LogP contribution in [0.4, 0.5) is 13.2 Å². The minimum Gasteiger partial charge on any atom is -0.481 e. The monoisotopic (exact) mass is 352 g/mol. The van der Waals surface area contributed by atoms with Crippen molar-refractivity contribution < 1.29 is 22.6 Å². The molecule has 6 nitrogen and oxygen atoms in total. The Morgan fingerprint density at radius 2 is 1.84 bits per heavy atom. The Kier molecular flexibility index (Phi) is 4.23. The highest BCUT2D eigenvalue weighted by atomic mass is 19.4. The molecule has 0 fully saturated rings. The summed E-state index contributed by atoms with van der Waals surface area (Å²) in [7, 11) is 2.45. The average molecular weight is 352 g/mol. The lowest BCUT2D eigenvalue weighted by atomic mass is 10.0. The van der Waals surface area contributed by atoms with Crippen molar-refractivity contribution >= 4 is 11.0 Å². The zero-order valence-corrected chi connectivity index (χ0v) is 13.7. The highest BCUT2D eigenvalue weighted by Crippen LogP contribution is 2.36. The minimum atomic E-state index is -4.66. The third-order valence-corrected chi connectivity index (χ3v) is 3.64. The number of ether oxygens (including phenoxy) is 2. The molecule has 25 heavy (non-hydrogen) atoms. The van der Waals surface area contributed by atoms with E-state index in [0.29, 0.717) is 5.56 Å². The first-order valence-electron chi connectivity index (χ1n) is 7.33. The van der Waals surface area contributed by atoms with Crippen LogP contribution in [-0.2, 0) is 12.6 Å². The Hall–Kier alpha value is -2.84. The second-order valence-electron chi connectivity index (χ2n) is 5.39. The molecule has 3 aromatic rings. The molecule has 9 heteroatoms. The van der Waals surface area contributed by atoms with E-state index in [1.54, 1.807) is 18.2 Å². The molecule has 0 spiro atoms. The van der Waals surface area contributed by atoms with Crippen LogP contribution < -0.4 is 9.47 Å². The third-order valence-electron chi connectivity index (χ3n) is 3.64. The van der Waals surface area contributed by atoms with Gasteiger partial charge >= 0.3 is 12.2 Å². The fourth-order valence-electron chi connectivity index (χ4n) is 2.60. The first kappa shape index (κ1) is 17.0. The van der Waals surface area contributed by atoms with E-state index in [2.05, 4.69) is 19.9 Å². The number of nitrogens with one attached hydrogen (secondary N) is 1. The maximum atomic E-state index is 13.4. The molecule has 0 aliphatic heterocycles. The minimum absolute atomic E-state index is 0.0456. The number of methoxy groups -OCH3 is 2. The summed E-state index contributed by atoms with van der Waals surface area (Å²) < 4.78 is 50.0. The Labute approximate surface area is 141 Å². The molecule has 132 valence electrons. The fraction of sp³-hybridized carbons (Fsp3) is 0.312. The quantitative estimate of drug-likeness (QED) is 0.780. The third kappa shape index (κ3) is 3.35. The normalized spacial score (nSPS) is 11.8. The fourth-order valence-corrected chi connectivity index (χ4v) is 2.60. The van der Waals surface area contributed by atoms with Crippen molar-refractivity contribution in [2.45, 2.75) is 19.5 Å². The number of aromatic nitrogens is 4. The van der Waals surface area contributed by atoms with E-state index >= 15 is 0 Å². The number of aryl methyl sites for hydroxylation is 1. The summed E-state index contributed by atoms with van der Waals surface area (Å²) in [5.41, 5.74) is 0.921. The number of halogens is 3. The Bertz CT molecular complexity index is 922. The number of nitrogens with zero attached hydrogens (tertiary/aromatic N) is 3. The van der Waals surface area contributed by atoms with Crippen LogP contribution in [0.5, 0.6) is 11.9 Å². The van der Waals surface area contributed by atoms with Gasteiger partial charge in [0, 0.05) is 12.0 Å². The van der Waals surface area contributed by atoms with Crippen LogP contribution in [0.2, 0.25) is 0 Å². The van der Waals surface area contributed by atoms with E-state index in [4.69, 9.17) is 9.47 Å². The van der Waals surface area contributed by atoms with Gasteiger partial charge in [-0.05, 0) is 24.6 Å². The summed E-state index contributed by atoms with van der Waals surface area (Å²) in [6, 6.07) is 4.82. The van der Waals surface area contributed by atoms with Gasteiger partial charge in [0.1, 0.15) is 5.82 Å². The summed E-state index contributed by atoms with van der Waals surface area (Å²) in [4.78, 5) is 14.7. The van der Waals surface area contributed by atoms with Crippen LogP contribution in [0.1, 0.15) is 22.6 Å². The maximum absolute atomic E-state index is 13.4. The molecule has 0 aliphatic carbocycles. The van der Waals surface area contributed by atoms with Crippen molar-refractivity contribution in [2.75, 3.05) is 14.2 Å². The van der Waals surface area contributed by atoms with E-state index in [1.165, 1.54) is 14.2 Å². The lowest BCUT2D eigenvalue weighted by Gasteiger charge is -2.15. The van der Waals surface area contributed by atoms with Gasteiger partial charge in [-0.15, -0.1) is 0 Å². The van der Waals surface area contributed by atoms with Gasteiger partial charge in [-0.25, -0.2) is 4.98 Å². The number of hydrogen-bond acceptors (Lipinski definition) is 5. The van der Waals surface area contributed by atoms with Gasteiger partial charge in [0.15, 0.2) is 5.69 Å². The Morgan fingerprint density at radius 1 is 1.08 bits per heavy atom. The molecule has 0 saturated heterocycles. The number of rotatable bonds is 4. The van der Waals surface area contributed by atoms with Crippen LogP contribution in [0.3, 0.4) is 0 Å². The number of alkyl halides is 3. The van der Waals surface area contributed by atoms with Gasteiger partial charge in [0.05, 0.1) is 25.3 Å². The lowest BCUT2D eigenvalue weighted by Crippen LogP contribution is -2.15. The highest BCUT2D eigenvalue weighted by Gasteiger charge is 2.38. The SMILES string of the molecule is COc1nc(OC)c(Cc2ccc3nc(C)[nH]c3c2)c(C(F)(F)F)n1. The number of fused-ring (bicyclic) bond motifs is 1. The highest BCUT2D eigenvalue weighted by molar-refractivity contribution is 5.76. The standard InChI is InChI=1S/C16H15F3N4O2/c1-8-20-11-5-4-9(7-12(11)21-8)6-10-13(16(17,18)19)22-15(25-3)23-14(10)24-2/h4-5,7H,6H2,1-3H3,(H,20,21). The molecular formula is C16H15F3N4O2. The molecule has 0 aliphatic rings. The molecule has 1 N–H and O–H groups in total. The first-order valence-corrected chi connectivity index (χ1v) is 7.33. The van der Waals surface area contributed by atoms with Crippen LogP contribution in [0.25, 0.3) is 11.0 Å². The van der Waals surface area contributed by atoms with E-state index in [1.807, 2.05) is 6.92 Å². The summed E-state index contributed by atoms with van der Waals surface area (Å²) in [6.45, 7) is 1.81. The van der Waals surface area contributed by atoms with E-state index < -0.39 is 17.9 Å². The Balaban J connectivity index is 2.10. The van der Waals surface area contributed by atoms with Gasteiger partial charge in [-0.3, -0.25) is 0 Å². The second-order valence-corrected chi connectivity index (χ2v) is 5.39. The molecular weight excluding hydrogens is 337 g/mol. The molecule has 3 rings (SSSR count). The summed E-state index contributed by atoms with van der Waals surface area (Å²) in [6.07, 6.45) is -4.70.